The van der Waals surface area contributed by atoms with Crippen LogP contribution in [0.5, 0.6) is 5.75 Å². The fourth-order valence-electron chi connectivity index (χ4n) is 5.74. The zero-order valence-corrected chi connectivity index (χ0v) is 21.7. The van der Waals surface area contributed by atoms with Crippen molar-refractivity contribution in [2.75, 3.05) is 32.8 Å². The number of unbranched alkanes of at least 4 members (excludes halogenated alkanes) is 1. The van der Waals surface area contributed by atoms with Gasteiger partial charge in [-0.25, -0.2) is 13.2 Å². The lowest BCUT2D eigenvalue weighted by Crippen LogP contribution is -2.53. The fraction of sp³-hybridized carbons (Fsp3) is 0.517. The summed E-state index contributed by atoms with van der Waals surface area (Å²) < 4.78 is 52.5. The predicted molar refractivity (Wildman–Crippen MR) is 139 cm³/mol. The molecule has 0 bridgehead atoms. The lowest BCUT2D eigenvalue weighted by molar-refractivity contribution is 0.0153. The van der Waals surface area contributed by atoms with Crippen molar-refractivity contribution in [3.63, 3.8) is 0 Å². The van der Waals surface area contributed by atoms with E-state index < -0.39 is 30.0 Å². The number of rotatable bonds is 9. The molecule has 2 aromatic carbocycles. The number of likely N-dealkylation sites (tertiary alicyclic amines) is 1. The van der Waals surface area contributed by atoms with E-state index >= 15 is 13.2 Å². The van der Waals surface area contributed by atoms with Crippen molar-refractivity contribution < 1.29 is 23.0 Å². The van der Waals surface area contributed by atoms with Crippen LogP contribution in [0.3, 0.4) is 0 Å². The number of fused-ring (bicyclic) bond motifs is 3. The fourth-order valence-corrected chi connectivity index (χ4v) is 5.74. The van der Waals surface area contributed by atoms with Gasteiger partial charge < -0.3 is 14.8 Å². The van der Waals surface area contributed by atoms with Crippen LogP contribution in [0, 0.1) is 11.6 Å². The maximum Gasteiger partial charge on any atom is 0.143 e. The summed E-state index contributed by atoms with van der Waals surface area (Å²) in [7, 11) is 0. The molecule has 3 atom stereocenters. The molecule has 37 heavy (non-hydrogen) atoms. The molecule has 0 aliphatic carbocycles. The summed E-state index contributed by atoms with van der Waals surface area (Å²) in [4.78, 5) is 7.39. The smallest absolute Gasteiger partial charge is 0.143 e. The van der Waals surface area contributed by atoms with E-state index in [9.17, 15) is 5.11 Å². The highest BCUT2D eigenvalue weighted by Crippen LogP contribution is 2.43. The largest absolute Gasteiger partial charge is 0.488 e. The van der Waals surface area contributed by atoms with Gasteiger partial charge in [0.25, 0.3) is 0 Å². The topological polar surface area (TPSA) is 51.7 Å². The maximum atomic E-state index is 15.8. The van der Waals surface area contributed by atoms with Gasteiger partial charge in [0.05, 0.1) is 12.6 Å². The van der Waals surface area contributed by atoms with Crippen LogP contribution >= 0.6 is 0 Å². The average Bonchev–Trinajstić information content (AvgIpc) is 3.19. The van der Waals surface area contributed by atoms with Gasteiger partial charge in [0.15, 0.2) is 0 Å². The molecule has 1 saturated heterocycles. The lowest BCUT2D eigenvalue weighted by Gasteiger charge is -2.43. The zero-order chi connectivity index (χ0) is 26.3. The Hall–Kier alpha value is -2.55. The average molecular weight is 516 g/mol. The molecule has 2 aliphatic heterocycles. The van der Waals surface area contributed by atoms with Crippen molar-refractivity contribution >= 4 is 10.9 Å². The summed E-state index contributed by atoms with van der Waals surface area (Å²) in [5.74, 6) is -1.29. The Morgan fingerprint density at radius 2 is 1.86 bits per heavy atom. The summed E-state index contributed by atoms with van der Waals surface area (Å²) in [6, 6.07) is 9.15. The van der Waals surface area contributed by atoms with E-state index in [2.05, 4.69) is 16.8 Å². The molecule has 3 aromatic rings. The molecule has 1 fully saturated rings. The van der Waals surface area contributed by atoms with Crippen molar-refractivity contribution in [1.29, 1.82) is 0 Å². The van der Waals surface area contributed by atoms with Crippen molar-refractivity contribution in [3.05, 3.63) is 64.9 Å². The van der Waals surface area contributed by atoms with E-state index in [0.29, 0.717) is 12.1 Å². The monoisotopic (exact) mass is 515 g/mol. The number of aromatic amines is 1. The highest BCUT2D eigenvalue weighted by atomic mass is 19.1. The minimum Gasteiger partial charge on any atom is -0.488 e. The van der Waals surface area contributed by atoms with Gasteiger partial charge in [-0.05, 0) is 44.9 Å². The maximum absolute atomic E-state index is 15.8. The number of aliphatic hydroxyl groups is 1. The molecule has 0 spiro atoms. The Morgan fingerprint density at radius 1 is 1.16 bits per heavy atom. The highest BCUT2D eigenvalue weighted by Gasteiger charge is 2.42. The number of benzene rings is 2. The molecule has 200 valence electrons. The van der Waals surface area contributed by atoms with Crippen LogP contribution in [0.15, 0.2) is 36.4 Å². The second kappa shape index (κ2) is 10.3. The summed E-state index contributed by atoms with van der Waals surface area (Å²) in [6.45, 7) is 7.02. The number of hydrogen-bond acceptors (Lipinski definition) is 4. The second-order valence-electron chi connectivity index (χ2n) is 10.9. The minimum atomic E-state index is -1.93. The van der Waals surface area contributed by atoms with E-state index in [1.54, 1.807) is 4.90 Å². The van der Waals surface area contributed by atoms with E-state index in [-0.39, 0.29) is 30.0 Å². The Kier molecular flexibility index (Phi) is 7.27. The number of aliphatic hydroxyl groups excluding tert-OH is 1. The third-order valence-electron chi connectivity index (χ3n) is 7.74. The van der Waals surface area contributed by atoms with Crippen LogP contribution in [-0.4, -0.2) is 70.5 Å². The van der Waals surface area contributed by atoms with Crippen molar-refractivity contribution in [2.24, 2.45) is 0 Å². The molecule has 3 heterocycles. The van der Waals surface area contributed by atoms with Crippen LogP contribution in [0.25, 0.3) is 10.9 Å². The van der Waals surface area contributed by atoms with Crippen molar-refractivity contribution in [1.82, 2.24) is 14.8 Å². The van der Waals surface area contributed by atoms with Gasteiger partial charge in [0, 0.05) is 60.0 Å². The van der Waals surface area contributed by atoms with Gasteiger partial charge in [-0.2, -0.15) is 0 Å². The molecule has 2 N–H and O–H groups in total. The number of alkyl halides is 1. The normalized spacial score (nSPS) is 22.6. The first kappa shape index (κ1) is 26.1. The van der Waals surface area contributed by atoms with E-state index in [1.165, 1.54) is 19.1 Å². The predicted octanol–water partition coefficient (Wildman–Crippen LogP) is 5.37. The third kappa shape index (κ3) is 5.11. The summed E-state index contributed by atoms with van der Waals surface area (Å²) in [6.07, 6.45) is 2.74. The number of nitrogens with zero attached hydrogens (tertiary/aromatic N) is 2. The van der Waals surface area contributed by atoms with Gasteiger partial charge in [-0.3, -0.25) is 9.80 Å². The molecule has 5 rings (SSSR count). The van der Waals surface area contributed by atoms with Crippen LogP contribution in [0.4, 0.5) is 13.2 Å². The van der Waals surface area contributed by atoms with Crippen molar-refractivity contribution in [3.8, 4) is 5.75 Å². The van der Waals surface area contributed by atoms with E-state index in [1.807, 2.05) is 31.2 Å². The van der Waals surface area contributed by atoms with Gasteiger partial charge in [-0.15, -0.1) is 0 Å². The summed E-state index contributed by atoms with van der Waals surface area (Å²) in [5.41, 5.74) is 0.438. The van der Waals surface area contributed by atoms with Gasteiger partial charge in [-0.1, -0.05) is 31.5 Å². The lowest BCUT2D eigenvalue weighted by atomic mass is 9.87. The minimum absolute atomic E-state index is 0.0928. The zero-order valence-electron chi connectivity index (χ0n) is 21.7. The summed E-state index contributed by atoms with van der Waals surface area (Å²) >= 11 is 0. The van der Waals surface area contributed by atoms with Crippen molar-refractivity contribution in [2.45, 2.75) is 63.9 Å². The molecule has 8 heteroatoms. The number of para-hydroxylation sites is 1. The summed E-state index contributed by atoms with van der Waals surface area (Å²) in [5, 5.41) is 10.6. The highest BCUT2D eigenvalue weighted by molar-refractivity contribution is 5.85. The van der Waals surface area contributed by atoms with E-state index in [4.69, 9.17) is 4.74 Å². The quantitative estimate of drug-likeness (QED) is 0.403. The standard InChI is InChI=1S/C29H36F3N3O2/c1-4-5-10-34-14-20(15-34)37-19-12-23(30)26(24(31)13-19)28-27-22(21-8-6-7-9-25(21)33-27)11-18(2)35(28)16-29(3,32)17-36/h6-9,12-13,18,20,28,33,36H,4-5,10-11,14-17H2,1-3H3/t18-,28-,29?/m1/s1. The molecular formula is C29H36F3N3O2. The first-order valence-corrected chi connectivity index (χ1v) is 13.2. The first-order chi connectivity index (χ1) is 17.7. The molecule has 5 nitrogen and oxygen atoms in total. The van der Waals surface area contributed by atoms with Gasteiger partial charge in [0.2, 0.25) is 0 Å². The number of halogens is 3. The Morgan fingerprint density at radius 3 is 2.54 bits per heavy atom. The van der Waals surface area contributed by atoms with Crippen LogP contribution in [0.1, 0.15) is 56.5 Å². The number of hydrogen-bond donors (Lipinski definition) is 2. The third-order valence-corrected chi connectivity index (χ3v) is 7.74. The number of aromatic nitrogens is 1. The molecule has 1 aromatic heterocycles. The van der Waals surface area contributed by atoms with Gasteiger partial charge in [0.1, 0.15) is 29.2 Å². The molecule has 0 saturated carbocycles. The number of nitrogens with one attached hydrogen (secondary N) is 1. The SMILES string of the molecule is CCCCN1CC(Oc2cc(F)c([C@@H]3c4[nH]c5ccccc5c4C[C@@H](C)N3CC(C)(F)CO)c(F)c2)C1. The molecule has 0 amide bonds. The van der Waals surface area contributed by atoms with E-state index in [0.717, 1.165) is 48.9 Å². The second-order valence-corrected chi connectivity index (χ2v) is 10.9. The first-order valence-electron chi connectivity index (χ1n) is 13.2. The molecule has 1 unspecified atom stereocenters. The molecule has 2 aliphatic rings. The van der Waals surface area contributed by atoms with Gasteiger partial charge >= 0.3 is 0 Å². The Bertz CT molecular complexity index is 1230. The number of ether oxygens (including phenoxy) is 1. The van der Waals surface area contributed by atoms with Crippen LogP contribution in [-0.2, 0) is 6.42 Å². The van der Waals surface area contributed by atoms with Crippen LogP contribution in [0.2, 0.25) is 0 Å². The number of H-pyrrole nitrogens is 1. The Balaban J connectivity index is 1.50. The molecule has 0 radical (unpaired) electrons. The van der Waals surface area contributed by atoms with Crippen LogP contribution < -0.4 is 4.74 Å². The Labute approximate surface area is 216 Å². The molecular weight excluding hydrogens is 479 g/mol.